The van der Waals surface area contributed by atoms with E-state index < -0.39 is 5.60 Å². The van der Waals surface area contributed by atoms with Crippen LogP contribution in [0.4, 0.5) is 5.88 Å². The number of carbonyl (C=O) groups is 1. The molecule has 0 radical (unpaired) electrons. The lowest BCUT2D eigenvalue weighted by Gasteiger charge is -2.26. The number of aromatic nitrogens is 2. The van der Waals surface area contributed by atoms with Crippen molar-refractivity contribution >= 4 is 11.8 Å². The third-order valence-electron chi connectivity index (χ3n) is 6.12. The Morgan fingerprint density at radius 2 is 1.90 bits per heavy atom. The molecule has 2 aliphatic rings. The normalized spacial score (nSPS) is 21.8. The van der Waals surface area contributed by atoms with Crippen LogP contribution in [-0.2, 0) is 11.2 Å². The fourth-order valence-corrected chi connectivity index (χ4v) is 3.92. The summed E-state index contributed by atoms with van der Waals surface area (Å²) in [7, 11) is 2.08. The van der Waals surface area contributed by atoms with E-state index in [1.165, 1.54) is 0 Å². The van der Waals surface area contributed by atoms with Crippen LogP contribution in [0.3, 0.4) is 0 Å². The molecule has 1 amide bonds. The van der Waals surface area contributed by atoms with Gasteiger partial charge in [0, 0.05) is 25.1 Å². The number of phenolic OH excluding ortho intramolecular Hbond substituents is 1. The van der Waals surface area contributed by atoms with Crippen LogP contribution in [0.2, 0.25) is 0 Å². The topological polar surface area (TPSA) is 95.0 Å². The van der Waals surface area contributed by atoms with Crippen LogP contribution in [0, 0.1) is 20.8 Å². The van der Waals surface area contributed by atoms with Crippen molar-refractivity contribution in [3.8, 4) is 11.5 Å². The SMILES string of the molecule is Cc1c(C)c2c(c(C)c1O)CC(C)(C(=O)Nc1c[n+](N3CCN(C)CC3)no1)O2. The monoisotopic (exact) mass is 402 g/mol. The predicted octanol–water partition coefficient (Wildman–Crippen LogP) is 0.809. The van der Waals surface area contributed by atoms with Crippen LogP contribution in [0.5, 0.6) is 11.5 Å². The number of carbonyl (C=O) groups excluding carboxylic acids is 1. The summed E-state index contributed by atoms with van der Waals surface area (Å²) >= 11 is 0. The van der Waals surface area contributed by atoms with Gasteiger partial charge in [-0.3, -0.25) is 14.6 Å². The maximum Gasteiger partial charge on any atom is 0.305 e. The summed E-state index contributed by atoms with van der Waals surface area (Å²) in [4.78, 5) is 16.9. The number of fused-ring (bicyclic) bond motifs is 1. The molecule has 1 atom stereocenters. The maximum absolute atomic E-state index is 13.0. The molecule has 1 aromatic heterocycles. The number of hydrogen-bond donors (Lipinski definition) is 2. The minimum Gasteiger partial charge on any atom is -0.507 e. The number of phenols is 1. The number of ether oxygens (including phenoxy) is 1. The van der Waals surface area contributed by atoms with E-state index in [1.807, 2.05) is 20.8 Å². The molecule has 2 N–H and O–H groups in total. The standard InChI is InChI=1S/C20H27N5O4/c1-12-13(2)18-15(14(3)17(12)26)10-20(4,28-18)19(27)21-16-11-25(22-29-16)24-8-6-23(5)7-9-24/h11H,6-10H2,1-5H3,(H-,21,22,26,27)/p+1. The van der Waals surface area contributed by atoms with Crippen molar-refractivity contribution in [3.63, 3.8) is 0 Å². The first kappa shape index (κ1) is 19.5. The number of nitrogens with one attached hydrogen (secondary N) is 1. The van der Waals surface area contributed by atoms with Gasteiger partial charge in [0.2, 0.25) is 5.27 Å². The van der Waals surface area contributed by atoms with E-state index in [2.05, 4.69) is 27.5 Å². The molecular formula is C20H28N5O4+. The highest BCUT2D eigenvalue weighted by molar-refractivity contribution is 5.97. The third-order valence-corrected chi connectivity index (χ3v) is 6.12. The van der Waals surface area contributed by atoms with Crippen molar-refractivity contribution in [2.24, 2.45) is 0 Å². The van der Waals surface area contributed by atoms with E-state index in [-0.39, 0.29) is 17.5 Å². The molecule has 0 aliphatic carbocycles. The summed E-state index contributed by atoms with van der Waals surface area (Å²) in [6, 6.07) is 0. The van der Waals surface area contributed by atoms with Gasteiger partial charge < -0.3 is 14.7 Å². The Morgan fingerprint density at radius 3 is 2.59 bits per heavy atom. The summed E-state index contributed by atoms with van der Waals surface area (Å²) in [5, 5.41) is 19.2. The molecule has 1 fully saturated rings. The van der Waals surface area contributed by atoms with E-state index in [4.69, 9.17) is 9.26 Å². The molecule has 29 heavy (non-hydrogen) atoms. The Labute approximate surface area is 169 Å². The van der Waals surface area contributed by atoms with Gasteiger partial charge in [0.05, 0.1) is 17.9 Å². The van der Waals surface area contributed by atoms with Crippen molar-refractivity contribution in [2.45, 2.75) is 39.7 Å². The number of hydrogen-bond acceptors (Lipinski definition) is 7. The number of rotatable bonds is 3. The second kappa shape index (κ2) is 6.91. The molecule has 4 rings (SSSR count). The summed E-state index contributed by atoms with van der Waals surface area (Å²) in [5.74, 6) is 0.895. The zero-order chi connectivity index (χ0) is 20.9. The average Bonchev–Trinajstić information content (AvgIpc) is 3.31. The molecular weight excluding hydrogens is 374 g/mol. The minimum atomic E-state index is -1.09. The lowest BCUT2D eigenvalue weighted by atomic mass is 9.92. The number of likely N-dealkylation sites (N-methyl/N-ethyl adjacent to an activating group) is 1. The lowest BCUT2D eigenvalue weighted by molar-refractivity contribution is -0.759. The van der Waals surface area contributed by atoms with Gasteiger partial charge in [-0.15, -0.1) is 0 Å². The molecule has 2 aromatic rings. The van der Waals surface area contributed by atoms with Gasteiger partial charge in [0.25, 0.3) is 12.1 Å². The van der Waals surface area contributed by atoms with Crippen molar-refractivity contribution in [2.75, 3.05) is 43.6 Å². The zero-order valence-electron chi connectivity index (χ0n) is 17.6. The highest BCUT2D eigenvalue weighted by atomic mass is 16.5. The summed E-state index contributed by atoms with van der Waals surface area (Å²) in [6.45, 7) is 10.9. The van der Waals surface area contributed by atoms with Gasteiger partial charge in [-0.25, -0.2) is 0 Å². The Morgan fingerprint density at radius 1 is 1.21 bits per heavy atom. The number of benzene rings is 1. The van der Waals surface area contributed by atoms with E-state index in [0.717, 1.165) is 48.4 Å². The molecule has 3 heterocycles. The van der Waals surface area contributed by atoms with Gasteiger partial charge >= 0.3 is 5.88 Å². The number of piperazine rings is 1. The first-order chi connectivity index (χ1) is 13.7. The first-order valence-corrected chi connectivity index (χ1v) is 9.84. The number of nitrogens with zero attached hydrogens (tertiary/aromatic N) is 4. The zero-order valence-corrected chi connectivity index (χ0v) is 17.6. The van der Waals surface area contributed by atoms with E-state index in [9.17, 15) is 9.90 Å². The van der Waals surface area contributed by atoms with Crippen LogP contribution < -0.4 is 19.9 Å². The molecule has 1 unspecified atom stereocenters. The summed E-state index contributed by atoms with van der Waals surface area (Å²) in [5.41, 5.74) is 2.16. The first-order valence-electron chi connectivity index (χ1n) is 9.84. The molecule has 1 aromatic carbocycles. The van der Waals surface area contributed by atoms with Crippen molar-refractivity contribution in [1.82, 2.24) is 10.2 Å². The second-order valence-corrected chi connectivity index (χ2v) is 8.24. The maximum atomic E-state index is 13.0. The quantitative estimate of drug-likeness (QED) is 0.734. The van der Waals surface area contributed by atoms with E-state index >= 15 is 0 Å². The van der Waals surface area contributed by atoms with Crippen molar-refractivity contribution in [3.05, 3.63) is 28.5 Å². The van der Waals surface area contributed by atoms with Crippen LogP contribution in [-0.4, -0.2) is 60.0 Å². The Balaban J connectivity index is 1.49. The number of amides is 1. The highest BCUT2D eigenvalue weighted by Crippen LogP contribution is 2.45. The summed E-state index contributed by atoms with van der Waals surface area (Å²) < 4.78 is 11.4. The minimum absolute atomic E-state index is 0.262. The molecule has 9 nitrogen and oxygen atoms in total. The third kappa shape index (κ3) is 3.29. The Kier molecular flexibility index (Phi) is 4.65. The van der Waals surface area contributed by atoms with Gasteiger partial charge in [0.15, 0.2) is 5.60 Å². The molecule has 156 valence electrons. The summed E-state index contributed by atoms with van der Waals surface area (Å²) in [6.07, 6.45) is 2.04. The largest absolute Gasteiger partial charge is 0.507 e. The molecule has 9 heteroatoms. The lowest BCUT2D eigenvalue weighted by Crippen LogP contribution is -2.65. The van der Waals surface area contributed by atoms with Crippen LogP contribution >= 0.6 is 0 Å². The molecule has 0 bridgehead atoms. The smallest absolute Gasteiger partial charge is 0.305 e. The fourth-order valence-electron chi connectivity index (χ4n) is 3.92. The van der Waals surface area contributed by atoms with Crippen LogP contribution in [0.1, 0.15) is 29.2 Å². The number of aromatic hydroxyl groups is 1. The fraction of sp³-hybridized carbons (Fsp3) is 0.550. The average molecular weight is 402 g/mol. The Bertz CT molecular complexity index is 925. The van der Waals surface area contributed by atoms with Gasteiger partial charge in [-0.1, -0.05) is 0 Å². The van der Waals surface area contributed by atoms with Crippen molar-refractivity contribution in [1.29, 1.82) is 0 Å². The molecule has 1 saturated heterocycles. The van der Waals surface area contributed by atoms with Gasteiger partial charge in [-0.05, 0) is 51.4 Å². The van der Waals surface area contributed by atoms with Gasteiger partial charge in [-0.2, -0.15) is 5.01 Å². The predicted molar refractivity (Wildman–Crippen MR) is 106 cm³/mol. The molecule has 0 saturated carbocycles. The molecule has 0 spiro atoms. The number of anilines is 1. The van der Waals surface area contributed by atoms with Crippen LogP contribution in [0.25, 0.3) is 0 Å². The van der Waals surface area contributed by atoms with E-state index in [1.54, 1.807) is 17.9 Å². The highest BCUT2D eigenvalue weighted by Gasteiger charge is 2.45. The van der Waals surface area contributed by atoms with Gasteiger partial charge in [0.1, 0.15) is 11.5 Å². The molecule has 2 aliphatic heterocycles. The van der Waals surface area contributed by atoms with E-state index in [0.29, 0.717) is 12.2 Å². The second-order valence-electron chi connectivity index (χ2n) is 8.24. The van der Waals surface area contributed by atoms with Crippen molar-refractivity contribution < 1.29 is 24.0 Å². The Hall–Kier alpha value is -2.81. The van der Waals surface area contributed by atoms with Crippen LogP contribution in [0.15, 0.2) is 10.7 Å².